The molecule has 5 nitrogen and oxygen atoms in total. The van der Waals surface area contributed by atoms with Crippen molar-refractivity contribution in [1.29, 1.82) is 0 Å². The molecule has 0 aliphatic heterocycles. The van der Waals surface area contributed by atoms with Crippen LogP contribution in [0.4, 0.5) is 0 Å². The first-order chi connectivity index (χ1) is 8.81. The minimum absolute atomic E-state index is 0.0136. The van der Waals surface area contributed by atoms with Gasteiger partial charge in [0.15, 0.2) is 5.82 Å². The number of amides is 1. The molecule has 2 rings (SSSR count). The molecule has 0 aliphatic rings. The van der Waals surface area contributed by atoms with Gasteiger partial charge in [0.1, 0.15) is 0 Å². The molecule has 0 bridgehead atoms. The van der Waals surface area contributed by atoms with E-state index in [-0.39, 0.29) is 5.91 Å². The monoisotopic (exact) mass is 262 g/mol. The number of rotatable bonds is 5. The molecule has 0 atom stereocenters. The molecule has 18 heavy (non-hydrogen) atoms. The van der Waals surface area contributed by atoms with Crippen molar-refractivity contribution in [3.05, 3.63) is 42.4 Å². The summed E-state index contributed by atoms with van der Waals surface area (Å²) in [5.41, 5.74) is 0.925. The van der Waals surface area contributed by atoms with E-state index in [4.69, 9.17) is 0 Å². The highest BCUT2D eigenvalue weighted by atomic mass is 32.1. The van der Waals surface area contributed by atoms with Crippen molar-refractivity contribution in [3.63, 3.8) is 0 Å². The highest BCUT2D eigenvalue weighted by Crippen LogP contribution is 2.09. The second-order valence-electron chi connectivity index (χ2n) is 3.69. The summed E-state index contributed by atoms with van der Waals surface area (Å²) in [5, 5.41) is 6.97. The number of nitrogens with one attached hydrogen (secondary N) is 1. The van der Waals surface area contributed by atoms with Gasteiger partial charge in [0, 0.05) is 37.1 Å². The Labute approximate surface area is 111 Å². The summed E-state index contributed by atoms with van der Waals surface area (Å²) in [4.78, 5) is 15.7. The third-order valence-electron chi connectivity index (χ3n) is 2.40. The first kappa shape index (κ1) is 12.6. The van der Waals surface area contributed by atoms with Gasteiger partial charge in [-0.05, 0) is 17.9 Å². The summed E-state index contributed by atoms with van der Waals surface area (Å²) in [6, 6.07) is 5.59. The average molecular weight is 262 g/mol. The van der Waals surface area contributed by atoms with Crippen molar-refractivity contribution in [3.8, 4) is 5.82 Å². The van der Waals surface area contributed by atoms with Crippen LogP contribution in [0.1, 0.15) is 12.0 Å². The Morgan fingerprint density at radius 2 is 2.28 bits per heavy atom. The fourth-order valence-electron chi connectivity index (χ4n) is 1.55. The molecule has 0 fully saturated rings. The molecule has 94 valence electrons. The molecule has 0 radical (unpaired) electrons. The molecule has 0 saturated carbocycles. The van der Waals surface area contributed by atoms with Crippen molar-refractivity contribution in [1.82, 2.24) is 20.1 Å². The third-order valence-corrected chi connectivity index (χ3v) is 2.63. The van der Waals surface area contributed by atoms with Crippen molar-refractivity contribution in [2.45, 2.75) is 13.0 Å². The predicted molar refractivity (Wildman–Crippen MR) is 71.7 cm³/mol. The van der Waals surface area contributed by atoms with E-state index in [0.717, 1.165) is 11.4 Å². The zero-order chi connectivity index (χ0) is 12.8. The SMILES string of the molecule is O=C(CCS)NCc1cccnc1-n1cccn1. The maximum atomic E-state index is 11.4. The first-order valence-electron chi connectivity index (χ1n) is 5.62. The second-order valence-corrected chi connectivity index (χ2v) is 4.13. The van der Waals surface area contributed by atoms with Crippen LogP contribution in [-0.4, -0.2) is 26.4 Å². The van der Waals surface area contributed by atoms with Gasteiger partial charge >= 0.3 is 0 Å². The molecule has 1 amide bonds. The number of nitrogens with zero attached hydrogens (tertiary/aromatic N) is 3. The maximum Gasteiger partial charge on any atom is 0.221 e. The molecule has 0 aromatic carbocycles. The second kappa shape index (κ2) is 6.20. The zero-order valence-corrected chi connectivity index (χ0v) is 10.7. The minimum Gasteiger partial charge on any atom is -0.352 e. The number of carbonyl (C=O) groups is 1. The first-order valence-corrected chi connectivity index (χ1v) is 6.26. The molecule has 0 saturated heterocycles. The van der Waals surface area contributed by atoms with Crippen LogP contribution in [0, 0.1) is 0 Å². The van der Waals surface area contributed by atoms with E-state index >= 15 is 0 Å². The Morgan fingerprint density at radius 3 is 3.00 bits per heavy atom. The fraction of sp³-hybridized carbons (Fsp3) is 0.250. The smallest absolute Gasteiger partial charge is 0.221 e. The Kier molecular flexibility index (Phi) is 4.35. The van der Waals surface area contributed by atoms with Crippen LogP contribution in [0.3, 0.4) is 0 Å². The molecule has 0 aliphatic carbocycles. The molecular formula is C12H14N4OS. The van der Waals surface area contributed by atoms with Gasteiger partial charge in [0.05, 0.1) is 0 Å². The summed E-state index contributed by atoms with van der Waals surface area (Å²) in [7, 11) is 0. The van der Waals surface area contributed by atoms with E-state index < -0.39 is 0 Å². The molecular weight excluding hydrogens is 248 g/mol. The largest absolute Gasteiger partial charge is 0.352 e. The van der Waals surface area contributed by atoms with E-state index in [0.29, 0.717) is 18.7 Å². The lowest BCUT2D eigenvalue weighted by atomic mass is 10.2. The maximum absolute atomic E-state index is 11.4. The van der Waals surface area contributed by atoms with Crippen LogP contribution in [0.5, 0.6) is 0 Å². The van der Waals surface area contributed by atoms with E-state index in [2.05, 4.69) is 28.0 Å². The average Bonchev–Trinajstić information content (AvgIpc) is 2.91. The van der Waals surface area contributed by atoms with E-state index in [1.807, 2.05) is 24.4 Å². The Morgan fingerprint density at radius 1 is 1.39 bits per heavy atom. The minimum atomic E-state index is -0.0136. The Balaban J connectivity index is 2.11. The summed E-state index contributed by atoms with van der Waals surface area (Å²) in [5.74, 6) is 1.26. The quantitative estimate of drug-likeness (QED) is 0.796. The van der Waals surface area contributed by atoms with Gasteiger partial charge in [0.2, 0.25) is 5.91 Å². The normalized spacial score (nSPS) is 10.3. The Hall–Kier alpha value is -1.82. The number of hydrogen-bond donors (Lipinski definition) is 2. The predicted octanol–water partition coefficient (Wildman–Crippen LogP) is 1.20. The van der Waals surface area contributed by atoms with Crippen LogP contribution < -0.4 is 5.32 Å². The van der Waals surface area contributed by atoms with E-state index in [1.54, 1.807) is 17.1 Å². The van der Waals surface area contributed by atoms with E-state index in [9.17, 15) is 4.79 Å². The molecule has 2 aromatic heterocycles. The van der Waals surface area contributed by atoms with Crippen LogP contribution in [-0.2, 0) is 11.3 Å². The van der Waals surface area contributed by atoms with Crippen LogP contribution in [0.15, 0.2) is 36.8 Å². The summed E-state index contributed by atoms with van der Waals surface area (Å²) in [6.45, 7) is 0.440. The highest BCUT2D eigenvalue weighted by Gasteiger charge is 2.07. The van der Waals surface area contributed by atoms with Gasteiger partial charge in [-0.25, -0.2) is 9.67 Å². The number of pyridine rings is 1. The van der Waals surface area contributed by atoms with Crippen LogP contribution in [0.25, 0.3) is 5.82 Å². The summed E-state index contributed by atoms with van der Waals surface area (Å²) < 4.78 is 1.68. The lowest BCUT2D eigenvalue weighted by molar-refractivity contribution is -0.120. The topological polar surface area (TPSA) is 59.8 Å². The number of thiol groups is 1. The van der Waals surface area contributed by atoms with E-state index in [1.165, 1.54) is 0 Å². The number of carbonyl (C=O) groups excluding carboxylic acids is 1. The highest BCUT2D eigenvalue weighted by molar-refractivity contribution is 7.80. The van der Waals surface area contributed by atoms with Crippen LogP contribution >= 0.6 is 12.6 Å². The Bertz CT molecular complexity index is 513. The van der Waals surface area contributed by atoms with Gasteiger partial charge < -0.3 is 5.32 Å². The van der Waals surface area contributed by atoms with Crippen molar-refractivity contribution in [2.24, 2.45) is 0 Å². The van der Waals surface area contributed by atoms with Gasteiger partial charge in [0.25, 0.3) is 0 Å². The molecule has 2 aromatic rings. The summed E-state index contributed by atoms with van der Waals surface area (Å²) >= 11 is 4.02. The fourth-order valence-corrected chi connectivity index (χ4v) is 1.76. The van der Waals surface area contributed by atoms with Crippen molar-refractivity contribution >= 4 is 18.5 Å². The van der Waals surface area contributed by atoms with Crippen molar-refractivity contribution in [2.75, 3.05) is 5.75 Å². The lowest BCUT2D eigenvalue weighted by Crippen LogP contribution is -2.23. The number of hydrogen-bond acceptors (Lipinski definition) is 4. The lowest BCUT2D eigenvalue weighted by Gasteiger charge is -2.09. The molecule has 0 unspecified atom stereocenters. The third kappa shape index (κ3) is 3.10. The molecule has 6 heteroatoms. The van der Waals surface area contributed by atoms with Gasteiger partial charge in [-0.3, -0.25) is 4.79 Å². The van der Waals surface area contributed by atoms with Gasteiger partial charge in [-0.1, -0.05) is 6.07 Å². The van der Waals surface area contributed by atoms with Gasteiger partial charge in [-0.2, -0.15) is 17.7 Å². The van der Waals surface area contributed by atoms with Crippen molar-refractivity contribution < 1.29 is 4.79 Å². The molecule has 2 heterocycles. The molecule has 0 spiro atoms. The number of aromatic nitrogens is 3. The summed E-state index contributed by atoms with van der Waals surface area (Å²) in [6.07, 6.45) is 5.63. The standard InChI is InChI=1S/C12H14N4OS/c17-11(4-8-18)14-9-10-3-1-5-13-12(10)16-7-2-6-15-16/h1-3,5-7,18H,4,8-9H2,(H,14,17). The zero-order valence-electron chi connectivity index (χ0n) is 9.78. The molecule has 1 N–H and O–H groups in total. The van der Waals surface area contributed by atoms with Gasteiger partial charge in [-0.15, -0.1) is 0 Å². The van der Waals surface area contributed by atoms with Crippen LogP contribution in [0.2, 0.25) is 0 Å².